The molecule has 0 aliphatic carbocycles. The third-order valence-corrected chi connectivity index (χ3v) is 3.01. The Labute approximate surface area is 99.7 Å². The van der Waals surface area contributed by atoms with Crippen LogP contribution in [-0.2, 0) is 11.2 Å². The van der Waals surface area contributed by atoms with E-state index in [1.807, 2.05) is 43.3 Å². The molecule has 0 N–H and O–H groups in total. The lowest BCUT2D eigenvalue weighted by Crippen LogP contribution is -2.22. The number of carbonyl (C=O) groups is 1. The van der Waals surface area contributed by atoms with Crippen LogP contribution in [0.4, 0.5) is 11.5 Å². The lowest BCUT2D eigenvalue weighted by Gasteiger charge is -2.17. The molecule has 3 nitrogen and oxygen atoms in total. The molecular formula is C14H12N2O. The number of anilines is 2. The van der Waals surface area contributed by atoms with Crippen molar-refractivity contribution in [3.05, 3.63) is 53.7 Å². The number of aryl methyl sites for hydroxylation is 1. The first-order valence-electron chi connectivity index (χ1n) is 5.60. The maximum Gasteiger partial charge on any atom is 0.237 e. The number of hydrogen-bond donors (Lipinski definition) is 0. The molecule has 1 aliphatic heterocycles. The summed E-state index contributed by atoms with van der Waals surface area (Å²) in [5, 5.41) is 0. The third kappa shape index (κ3) is 1.51. The molecule has 0 saturated carbocycles. The summed E-state index contributed by atoms with van der Waals surface area (Å²) >= 11 is 0. The van der Waals surface area contributed by atoms with Gasteiger partial charge in [0.15, 0.2) is 0 Å². The Hall–Kier alpha value is -2.16. The first kappa shape index (κ1) is 10.0. The summed E-state index contributed by atoms with van der Waals surface area (Å²) in [6, 6.07) is 11.6. The molecule has 2 aromatic rings. The van der Waals surface area contributed by atoms with E-state index < -0.39 is 0 Å². The maximum atomic E-state index is 12.1. The fourth-order valence-corrected chi connectivity index (χ4v) is 2.28. The van der Waals surface area contributed by atoms with Crippen LogP contribution in [0.3, 0.4) is 0 Å². The van der Waals surface area contributed by atoms with E-state index in [1.54, 1.807) is 11.1 Å². The van der Waals surface area contributed by atoms with E-state index in [9.17, 15) is 4.79 Å². The van der Waals surface area contributed by atoms with Crippen molar-refractivity contribution in [2.45, 2.75) is 13.3 Å². The minimum atomic E-state index is 0.0907. The van der Waals surface area contributed by atoms with Crippen molar-refractivity contribution >= 4 is 17.4 Å². The highest BCUT2D eigenvalue weighted by molar-refractivity contribution is 6.07. The smallest absolute Gasteiger partial charge is 0.237 e. The topological polar surface area (TPSA) is 33.2 Å². The Balaban J connectivity index is 2.18. The molecule has 0 bridgehead atoms. The van der Waals surface area contributed by atoms with Crippen LogP contribution in [0.5, 0.6) is 0 Å². The summed E-state index contributed by atoms with van der Waals surface area (Å²) in [4.78, 5) is 18.0. The zero-order valence-corrected chi connectivity index (χ0v) is 9.55. The lowest BCUT2D eigenvalue weighted by atomic mass is 10.1. The Morgan fingerprint density at radius 3 is 2.82 bits per heavy atom. The summed E-state index contributed by atoms with van der Waals surface area (Å²) in [5.74, 6) is 0.790. The zero-order valence-electron chi connectivity index (χ0n) is 9.55. The van der Waals surface area contributed by atoms with Crippen molar-refractivity contribution in [3.8, 4) is 0 Å². The molecule has 84 valence electrons. The summed E-state index contributed by atoms with van der Waals surface area (Å²) in [5.41, 5.74) is 3.19. The summed E-state index contributed by atoms with van der Waals surface area (Å²) in [6.45, 7) is 2.02. The lowest BCUT2D eigenvalue weighted by molar-refractivity contribution is -0.116. The maximum absolute atomic E-state index is 12.1. The van der Waals surface area contributed by atoms with E-state index in [0.717, 1.165) is 16.8 Å². The van der Waals surface area contributed by atoms with Crippen LogP contribution in [0.15, 0.2) is 42.6 Å². The predicted molar refractivity (Wildman–Crippen MR) is 66.3 cm³/mol. The highest BCUT2D eigenvalue weighted by atomic mass is 16.2. The van der Waals surface area contributed by atoms with Gasteiger partial charge in [0.05, 0.1) is 12.1 Å². The standard InChI is InChI=1S/C14H12N2O/c1-10-5-4-6-11-9-13(17)16(14(10)11)12-7-2-3-8-15-12/h2-8H,9H2,1H3. The average molecular weight is 224 g/mol. The second-order valence-corrected chi connectivity index (χ2v) is 4.18. The highest BCUT2D eigenvalue weighted by Gasteiger charge is 2.30. The molecule has 1 aromatic heterocycles. The number of aromatic nitrogens is 1. The van der Waals surface area contributed by atoms with E-state index in [4.69, 9.17) is 0 Å². The van der Waals surface area contributed by atoms with Gasteiger partial charge in [-0.2, -0.15) is 0 Å². The SMILES string of the molecule is Cc1cccc2c1N(c1ccccn1)C(=O)C2. The van der Waals surface area contributed by atoms with Crippen LogP contribution in [0.2, 0.25) is 0 Å². The fourth-order valence-electron chi connectivity index (χ4n) is 2.28. The second-order valence-electron chi connectivity index (χ2n) is 4.18. The number of para-hydroxylation sites is 1. The molecule has 1 amide bonds. The van der Waals surface area contributed by atoms with Crippen molar-refractivity contribution < 1.29 is 4.79 Å². The van der Waals surface area contributed by atoms with Gasteiger partial charge < -0.3 is 0 Å². The minimum absolute atomic E-state index is 0.0907. The number of rotatable bonds is 1. The summed E-state index contributed by atoms with van der Waals surface area (Å²) in [7, 11) is 0. The number of benzene rings is 1. The zero-order chi connectivity index (χ0) is 11.8. The fraction of sp³-hybridized carbons (Fsp3) is 0.143. The molecule has 0 atom stereocenters. The van der Waals surface area contributed by atoms with Gasteiger partial charge in [0.1, 0.15) is 5.82 Å². The van der Waals surface area contributed by atoms with E-state index in [0.29, 0.717) is 12.2 Å². The second kappa shape index (κ2) is 3.70. The predicted octanol–water partition coefficient (Wildman–Crippen LogP) is 2.61. The molecular weight excluding hydrogens is 212 g/mol. The van der Waals surface area contributed by atoms with E-state index >= 15 is 0 Å². The average Bonchev–Trinajstić information content (AvgIpc) is 2.68. The molecule has 0 spiro atoms. The van der Waals surface area contributed by atoms with Crippen LogP contribution in [0.1, 0.15) is 11.1 Å². The minimum Gasteiger partial charge on any atom is -0.274 e. The molecule has 1 aliphatic rings. The van der Waals surface area contributed by atoms with Crippen LogP contribution in [0, 0.1) is 6.92 Å². The van der Waals surface area contributed by atoms with Crippen LogP contribution in [0.25, 0.3) is 0 Å². The van der Waals surface area contributed by atoms with E-state index in [-0.39, 0.29) is 5.91 Å². The van der Waals surface area contributed by atoms with Crippen molar-refractivity contribution in [2.75, 3.05) is 4.90 Å². The molecule has 2 heterocycles. The van der Waals surface area contributed by atoms with Gasteiger partial charge in [-0.25, -0.2) is 4.98 Å². The monoisotopic (exact) mass is 224 g/mol. The van der Waals surface area contributed by atoms with Gasteiger partial charge in [-0.3, -0.25) is 9.69 Å². The highest BCUT2D eigenvalue weighted by Crippen LogP contribution is 2.36. The van der Waals surface area contributed by atoms with Gasteiger partial charge in [-0.1, -0.05) is 24.3 Å². The van der Waals surface area contributed by atoms with Crippen LogP contribution < -0.4 is 4.90 Å². The summed E-state index contributed by atoms with van der Waals surface area (Å²) < 4.78 is 0. The van der Waals surface area contributed by atoms with Crippen molar-refractivity contribution in [2.24, 2.45) is 0 Å². The number of pyridine rings is 1. The Bertz CT molecular complexity index is 578. The molecule has 3 heteroatoms. The number of nitrogens with zero attached hydrogens (tertiary/aromatic N) is 2. The Morgan fingerprint density at radius 2 is 2.06 bits per heavy atom. The Kier molecular flexibility index (Phi) is 2.18. The van der Waals surface area contributed by atoms with Crippen molar-refractivity contribution in [1.29, 1.82) is 0 Å². The third-order valence-electron chi connectivity index (χ3n) is 3.01. The summed E-state index contributed by atoms with van der Waals surface area (Å²) in [6.07, 6.45) is 2.17. The molecule has 1 aromatic carbocycles. The van der Waals surface area contributed by atoms with Crippen LogP contribution >= 0.6 is 0 Å². The van der Waals surface area contributed by atoms with Gasteiger partial charge in [0.25, 0.3) is 0 Å². The van der Waals surface area contributed by atoms with Gasteiger partial charge in [0.2, 0.25) is 5.91 Å². The molecule has 3 rings (SSSR count). The first-order valence-corrected chi connectivity index (χ1v) is 5.60. The first-order chi connectivity index (χ1) is 8.27. The largest absolute Gasteiger partial charge is 0.274 e. The van der Waals surface area contributed by atoms with E-state index in [1.165, 1.54) is 0 Å². The quantitative estimate of drug-likeness (QED) is 0.746. The van der Waals surface area contributed by atoms with Gasteiger partial charge in [0, 0.05) is 6.20 Å². The molecule has 0 unspecified atom stereocenters. The van der Waals surface area contributed by atoms with Gasteiger partial charge in [-0.15, -0.1) is 0 Å². The Morgan fingerprint density at radius 1 is 1.18 bits per heavy atom. The molecule has 0 radical (unpaired) electrons. The number of amides is 1. The van der Waals surface area contributed by atoms with Gasteiger partial charge in [-0.05, 0) is 30.2 Å². The molecule has 17 heavy (non-hydrogen) atoms. The van der Waals surface area contributed by atoms with Crippen LogP contribution in [-0.4, -0.2) is 10.9 Å². The number of carbonyl (C=O) groups excluding carboxylic acids is 1. The van der Waals surface area contributed by atoms with E-state index in [2.05, 4.69) is 4.98 Å². The normalized spacial score (nSPS) is 13.9. The number of fused-ring (bicyclic) bond motifs is 1. The van der Waals surface area contributed by atoms with Gasteiger partial charge >= 0.3 is 0 Å². The number of hydrogen-bond acceptors (Lipinski definition) is 2. The van der Waals surface area contributed by atoms with Crippen molar-refractivity contribution in [1.82, 2.24) is 4.98 Å². The van der Waals surface area contributed by atoms with Crippen molar-refractivity contribution in [3.63, 3.8) is 0 Å². The molecule has 0 fully saturated rings. The molecule has 0 saturated heterocycles.